The van der Waals surface area contributed by atoms with Crippen molar-refractivity contribution in [1.82, 2.24) is 9.62 Å². The molecule has 0 aliphatic carbocycles. The summed E-state index contributed by atoms with van der Waals surface area (Å²) in [7, 11) is -2.39. The Hall–Kier alpha value is -3.11. The lowest BCUT2D eigenvalue weighted by Crippen LogP contribution is -2.45. The number of hydrogen-bond acceptors (Lipinski definition) is 6. The Morgan fingerprint density at radius 3 is 2.85 bits per heavy atom. The quantitative estimate of drug-likeness (QED) is 0.665. The van der Waals surface area contributed by atoms with Crippen molar-refractivity contribution in [2.45, 2.75) is 50.3 Å². The third-order valence-corrected chi connectivity index (χ3v) is 7.95. The predicted octanol–water partition coefficient (Wildman–Crippen LogP) is 2.19. The molecule has 0 unspecified atom stereocenters. The summed E-state index contributed by atoms with van der Waals surface area (Å²) in [5.41, 5.74) is 1.76. The Morgan fingerprint density at radius 2 is 2.09 bits per heavy atom. The van der Waals surface area contributed by atoms with Gasteiger partial charge in [-0.3, -0.25) is 9.59 Å². The molecule has 0 saturated carbocycles. The lowest BCUT2D eigenvalue weighted by atomic mass is 10.1. The van der Waals surface area contributed by atoms with Crippen LogP contribution < -0.4 is 20.1 Å². The Kier molecular flexibility index (Phi) is 6.31. The highest BCUT2D eigenvalue weighted by molar-refractivity contribution is 7.89. The van der Waals surface area contributed by atoms with Gasteiger partial charge >= 0.3 is 0 Å². The van der Waals surface area contributed by atoms with E-state index >= 15 is 0 Å². The van der Waals surface area contributed by atoms with Crippen LogP contribution in [0.1, 0.15) is 30.9 Å². The van der Waals surface area contributed by atoms with Gasteiger partial charge in [0.05, 0.1) is 17.7 Å². The standard InChI is InChI=1S/C23H27N3O6S/c1-14-10-18-20(32-15(2)22(27)25-18)12-21(14)33(29,30)26-9-5-8-19(26)23(28)24-13-16-6-4-7-17(11-16)31-3/h4,6-7,10-12,15,19H,5,8-9,13H2,1-3H3,(H,24,28)(H,25,27)/t15-,19-/m0/s1. The normalized spacial score (nSPS) is 20.5. The molecule has 0 bridgehead atoms. The molecule has 176 valence electrons. The third kappa shape index (κ3) is 4.53. The van der Waals surface area contributed by atoms with E-state index in [0.29, 0.717) is 35.6 Å². The molecule has 9 nitrogen and oxygen atoms in total. The highest BCUT2D eigenvalue weighted by Crippen LogP contribution is 2.37. The number of aryl methyl sites for hydroxylation is 1. The van der Waals surface area contributed by atoms with Gasteiger partial charge < -0.3 is 20.1 Å². The van der Waals surface area contributed by atoms with Gasteiger partial charge in [0.2, 0.25) is 15.9 Å². The summed E-state index contributed by atoms with van der Waals surface area (Å²) >= 11 is 0. The first-order chi connectivity index (χ1) is 15.7. The lowest BCUT2D eigenvalue weighted by Gasteiger charge is -2.27. The van der Waals surface area contributed by atoms with Gasteiger partial charge in [0, 0.05) is 19.2 Å². The SMILES string of the molecule is COc1cccc(CNC(=O)[C@@H]2CCCN2S(=O)(=O)c2cc3c(cc2C)NC(=O)[C@H](C)O3)c1. The Labute approximate surface area is 193 Å². The second-order valence-electron chi connectivity index (χ2n) is 8.21. The number of nitrogens with one attached hydrogen (secondary N) is 2. The van der Waals surface area contributed by atoms with Crippen molar-refractivity contribution in [1.29, 1.82) is 0 Å². The summed E-state index contributed by atoms with van der Waals surface area (Å²) in [6.45, 7) is 3.77. The molecule has 2 aliphatic rings. The number of amides is 2. The zero-order valence-corrected chi connectivity index (χ0v) is 19.6. The summed E-state index contributed by atoms with van der Waals surface area (Å²) < 4.78 is 39.1. The largest absolute Gasteiger partial charge is 0.497 e. The molecule has 2 amide bonds. The van der Waals surface area contributed by atoms with Crippen LogP contribution >= 0.6 is 0 Å². The Bertz CT molecular complexity index is 1200. The van der Waals surface area contributed by atoms with Crippen LogP contribution in [0.3, 0.4) is 0 Å². The number of fused-ring (bicyclic) bond motifs is 1. The summed E-state index contributed by atoms with van der Waals surface area (Å²) in [4.78, 5) is 24.9. The second-order valence-corrected chi connectivity index (χ2v) is 10.1. The average Bonchev–Trinajstić information content (AvgIpc) is 3.29. The van der Waals surface area contributed by atoms with E-state index < -0.39 is 22.2 Å². The van der Waals surface area contributed by atoms with E-state index in [9.17, 15) is 18.0 Å². The van der Waals surface area contributed by atoms with Gasteiger partial charge in [-0.25, -0.2) is 8.42 Å². The fraction of sp³-hybridized carbons (Fsp3) is 0.391. The van der Waals surface area contributed by atoms with Crippen molar-refractivity contribution in [3.8, 4) is 11.5 Å². The number of hydrogen-bond donors (Lipinski definition) is 2. The highest BCUT2D eigenvalue weighted by atomic mass is 32.2. The van der Waals surface area contributed by atoms with Gasteiger partial charge in [0.25, 0.3) is 5.91 Å². The van der Waals surface area contributed by atoms with E-state index in [4.69, 9.17) is 9.47 Å². The van der Waals surface area contributed by atoms with Crippen LogP contribution in [-0.2, 0) is 26.2 Å². The lowest BCUT2D eigenvalue weighted by molar-refractivity contribution is -0.124. The monoisotopic (exact) mass is 473 g/mol. The van der Waals surface area contributed by atoms with E-state index in [1.165, 1.54) is 10.4 Å². The number of sulfonamides is 1. The third-order valence-electron chi connectivity index (χ3n) is 5.90. The van der Waals surface area contributed by atoms with Gasteiger partial charge in [0.15, 0.2) is 6.10 Å². The van der Waals surface area contributed by atoms with Crippen molar-refractivity contribution in [3.63, 3.8) is 0 Å². The van der Waals surface area contributed by atoms with Crippen LogP contribution in [0.25, 0.3) is 0 Å². The predicted molar refractivity (Wildman–Crippen MR) is 122 cm³/mol. The molecule has 1 saturated heterocycles. The topological polar surface area (TPSA) is 114 Å². The fourth-order valence-corrected chi connectivity index (χ4v) is 6.01. The van der Waals surface area contributed by atoms with Crippen molar-refractivity contribution >= 4 is 27.5 Å². The zero-order valence-electron chi connectivity index (χ0n) is 18.8. The van der Waals surface area contributed by atoms with Crippen LogP contribution in [0.4, 0.5) is 5.69 Å². The summed E-state index contributed by atoms with van der Waals surface area (Å²) in [5, 5.41) is 5.57. The van der Waals surface area contributed by atoms with E-state index in [1.54, 1.807) is 27.0 Å². The van der Waals surface area contributed by atoms with Crippen LogP contribution in [-0.4, -0.2) is 50.3 Å². The number of nitrogens with zero attached hydrogens (tertiary/aromatic N) is 1. The van der Waals surface area contributed by atoms with E-state index in [2.05, 4.69) is 10.6 Å². The minimum Gasteiger partial charge on any atom is -0.497 e. The van der Waals surface area contributed by atoms with Gasteiger partial charge in [0.1, 0.15) is 17.5 Å². The maximum atomic E-state index is 13.5. The van der Waals surface area contributed by atoms with Gasteiger partial charge in [-0.05, 0) is 56.0 Å². The summed E-state index contributed by atoms with van der Waals surface area (Å²) in [6, 6.07) is 9.54. The molecule has 2 N–H and O–H groups in total. The molecule has 1 fully saturated rings. The van der Waals surface area contributed by atoms with Crippen LogP contribution in [0.15, 0.2) is 41.3 Å². The molecule has 2 aromatic rings. The van der Waals surface area contributed by atoms with Gasteiger partial charge in [-0.2, -0.15) is 4.31 Å². The first-order valence-corrected chi connectivity index (χ1v) is 12.2. The number of carbonyl (C=O) groups excluding carboxylic acids is 2. The fourth-order valence-electron chi connectivity index (χ4n) is 4.13. The number of carbonyl (C=O) groups is 2. The number of benzene rings is 2. The summed E-state index contributed by atoms with van der Waals surface area (Å²) in [6.07, 6.45) is 0.304. The van der Waals surface area contributed by atoms with Crippen molar-refractivity contribution in [2.24, 2.45) is 0 Å². The molecule has 0 radical (unpaired) electrons. The van der Waals surface area contributed by atoms with Crippen molar-refractivity contribution < 1.29 is 27.5 Å². The number of methoxy groups -OCH3 is 1. The van der Waals surface area contributed by atoms with Gasteiger partial charge in [-0.1, -0.05) is 12.1 Å². The average molecular weight is 474 g/mol. The highest BCUT2D eigenvalue weighted by Gasteiger charge is 2.40. The number of anilines is 1. The maximum Gasteiger partial charge on any atom is 0.265 e. The van der Waals surface area contributed by atoms with E-state index in [0.717, 1.165) is 5.56 Å². The minimum atomic E-state index is -3.96. The molecule has 2 atom stereocenters. The van der Waals surface area contributed by atoms with Crippen LogP contribution in [0.5, 0.6) is 11.5 Å². The van der Waals surface area contributed by atoms with E-state index in [-0.39, 0.29) is 29.8 Å². The van der Waals surface area contributed by atoms with E-state index in [1.807, 2.05) is 24.3 Å². The van der Waals surface area contributed by atoms with Crippen molar-refractivity contribution in [3.05, 3.63) is 47.5 Å². The molecule has 2 aromatic carbocycles. The van der Waals surface area contributed by atoms with Crippen molar-refractivity contribution in [2.75, 3.05) is 19.0 Å². The second kappa shape index (κ2) is 9.03. The van der Waals surface area contributed by atoms with Crippen LogP contribution in [0.2, 0.25) is 0 Å². The molecule has 2 heterocycles. The Balaban J connectivity index is 1.54. The molecular weight excluding hydrogens is 446 g/mol. The maximum absolute atomic E-state index is 13.5. The van der Waals surface area contributed by atoms with Gasteiger partial charge in [-0.15, -0.1) is 0 Å². The summed E-state index contributed by atoms with van der Waals surface area (Å²) in [5.74, 6) is 0.350. The molecule has 2 aliphatic heterocycles. The zero-order chi connectivity index (χ0) is 23.8. The molecule has 0 aromatic heterocycles. The Morgan fingerprint density at radius 1 is 1.30 bits per heavy atom. The molecule has 10 heteroatoms. The number of rotatable bonds is 6. The van der Waals surface area contributed by atoms with Crippen LogP contribution in [0, 0.1) is 6.92 Å². The number of ether oxygens (including phenoxy) is 2. The molecule has 33 heavy (non-hydrogen) atoms. The first kappa shape index (κ1) is 23.1. The minimum absolute atomic E-state index is 0.0668. The molecule has 0 spiro atoms. The molecule has 4 rings (SSSR count). The smallest absolute Gasteiger partial charge is 0.265 e. The molecular formula is C23H27N3O6S. The first-order valence-electron chi connectivity index (χ1n) is 10.8.